The number of fused-ring (bicyclic) bond motifs is 1. The number of nitrogens with zero attached hydrogens (tertiary/aromatic N) is 2. The highest BCUT2D eigenvalue weighted by atomic mass is 35.5. The van der Waals surface area contributed by atoms with Crippen LogP contribution < -0.4 is 24.4 Å². The smallest absolute Gasteiger partial charge is 0.434 e. The number of rotatable bonds is 8. The van der Waals surface area contributed by atoms with Crippen molar-refractivity contribution in [2.75, 3.05) is 13.7 Å². The molecule has 44 heavy (non-hydrogen) atoms. The number of allylic oxidation sites excluding steroid dienone is 1. The molecule has 1 aromatic heterocycles. The summed E-state index contributed by atoms with van der Waals surface area (Å²) >= 11 is 12.9. The first-order chi connectivity index (χ1) is 21.0. The summed E-state index contributed by atoms with van der Waals surface area (Å²) in [6, 6.07) is 16.5. The number of thiazole rings is 1. The van der Waals surface area contributed by atoms with E-state index in [-0.39, 0.29) is 28.1 Å². The van der Waals surface area contributed by atoms with Crippen LogP contribution in [0.4, 0.5) is 13.2 Å². The van der Waals surface area contributed by atoms with Gasteiger partial charge in [-0.1, -0.05) is 70.9 Å². The fraction of sp³-hybridized carbons (Fsp3) is 0.194. The van der Waals surface area contributed by atoms with Gasteiger partial charge in [0.05, 0.1) is 29.9 Å². The topological polar surface area (TPSA) is 79.1 Å². The lowest BCUT2D eigenvalue weighted by molar-refractivity contribution is -0.140. The summed E-state index contributed by atoms with van der Waals surface area (Å²) in [5, 5.41) is 0.852. The number of carbonyl (C=O) groups is 1. The summed E-state index contributed by atoms with van der Waals surface area (Å²) in [6.07, 6.45) is -3.53. The molecular weight excluding hydrogens is 640 g/mol. The third-order valence-corrected chi connectivity index (χ3v) is 8.04. The number of hydrogen-bond donors (Lipinski definition) is 0. The molecule has 3 aromatic carbocycles. The number of halogens is 5. The van der Waals surface area contributed by atoms with Crippen LogP contribution in [0, 0.1) is 0 Å². The van der Waals surface area contributed by atoms with Crippen LogP contribution in [-0.2, 0) is 16.1 Å². The molecule has 1 aliphatic heterocycles. The van der Waals surface area contributed by atoms with E-state index in [1.165, 1.54) is 44.4 Å². The molecule has 0 aliphatic carbocycles. The van der Waals surface area contributed by atoms with Crippen molar-refractivity contribution in [1.82, 2.24) is 4.57 Å². The van der Waals surface area contributed by atoms with Gasteiger partial charge in [-0.2, -0.15) is 13.2 Å². The molecule has 0 saturated carbocycles. The molecule has 228 valence electrons. The van der Waals surface area contributed by atoms with Crippen LogP contribution >= 0.6 is 34.5 Å². The summed E-state index contributed by atoms with van der Waals surface area (Å²) in [5.41, 5.74) is -1.47. The normalized spacial score (nSPS) is 15.1. The van der Waals surface area contributed by atoms with Gasteiger partial charge >= 0.3 is 12.1 Å². The van der Waals surface area contributed by atoms with Gasteiger partial charge in [0.1, 0.15) is 6.61 Å². The largest absolute Gasteiger partial charge is 0.493 e. The van der Waals surface area contributed by atoms with Crippen LogP contribution in [0.5, 0.6) is 11.5 Å². The van der Waals surface area contributed by atoms with E-state index in [1.807, 2.05) is 6.07 Å². The van der Waals surface area contributed by atoms with Crippen LogP contribution in [0.1, 0.15) is 29.7 Å². The monoisotopic (exact) mass is 662 g/mol. The first-order valence-corrected chi connectivity index (χ1v) is 14.7. The molecule has 5 rings (SSSR count). The molecule has 7 nitrogen and oxygen atoms in total. The zero-order valence-electron chi connectivity index (χ0n) is 23.2. The highest BCUT2D eigenvalue weighted by Crippen LogP contribution is 2.39. The Labute approximate surface area is 263 Å². The zero-order valence-corrected chi connectivity index (χ0v) is 25.5. The molecule has 13 heteroatoms. The third kappa shape index (κ3) is 6.40. The quantitative estimate of drug-likeness (QED) is 0.209. The Hall–Kier alpha value is -4.06. The van der Waals surface area contributed by atoms with Crippen molar-refractivity contribution >= 4 is 46.6 Å². The van der Waals surface area contributed by atoms with Gasteiger partial charge in [0.15, 0.2) is 22.0 Å². The summed E-state index contributed by atoms with van der Waals surface area (Å²) in [4.78, 5) is 30.5. The second-order valence-electron chi connectivity index (χ2n) is 9.41. The van der Waals surface area contributed by atoms with Gasteiger partial charge < -0.3 is 14.2 Å². The van der Waals surface area contributed by atoms with Crippen molar-refractivity contribution in [1.29, 1.82) is 0 Å². The van der Waals surface area contributed by atoms with E-state index in [0.29, 0.717) is 27.1 Å². The Morgan fingerprint density at radius 1 is 1.07 bits per heavy atom. The number of hydrogen-bond acceptors (Lipinski definition) is 7. The lowest BCUT2D eigenvalue weighted by Gasteiger charge is -2.26. The summed E-state index contributed by atoms with van der Waals surface area (Å²) < 4.78 is 60.8. The van der Waals surface area contributed by atoms with Crippen molar-refractivity contribution in [3.05, 3.63) is 124 Å². The van der Waals surface area contributed by atoms with Crippen molar-refractivity contribution in [2.45, 2.75) is 25.7 Å². The lowest BCUT2D eigenvalue weighted by Crippen LogP contribution is -2.41. The second-order valence-corrected chi connectivity index (χ2v) is 11.3. The number of alkyl halides is 3. The van der Waals surface area contributed by atoms with Gasteiger partial charge in [0.25, 0.3) is 5.56 Å². The maximum Gasteiger partial charge on any atom is 0.434 e. The molecular formula is C31H23Cl2F3N2O5S. The van der Waals surface area contributed by atoms with Crippen LogP contribution in [0.15, 0.2) is 87.8 Å². The lowest BCUT2D eigenvalue weighted by atomic mass is 9.95. The van der Waals surface area contributed by atoms with Crippen molar-refractivity contribution in [3.63, 3.8) is 0 Å². The first-order valence-electron chi connectivity index (χ1n) is 13.1. The minimum Gasteiger partial charge on any atom is -0.493 e. The van der Waals surface area contributed by atoms with Crippen LogP contribution in [0.3, 0.4) is 0 Å². The van der Waals surface area contributed by atoms with E-state index in [2.05, 4.69) is 4.99 Å². The Morgan fingerprint density at radius 2 is 1.80 bits per heavy atom. The molecule has 2 heterocycles. The van der Waals surface area contributed by atoms with E-state index < -0.39 is 35.0 Å². The molecule has 1 aliphatic rings. The van der Waals surface area contributed by atoms with Gasteiger partial charge in [-0.25, -0.2) is 9.79 Å². The third-order valence-electron chi connectivity index (χ3n) is 6.57. The van der Waals surface area contributed by atoms with E-state index in [9.17, 15) is 22.8 Å². The molecule has 0 radical (unpaired) electrons. The van der Waals surface area contributed by atoms with E-state index in [1.54, 1.807) is 36.4 Å². The van der Waals surface area contributed by atoms with Crippen LogP contribution in [0.25, 0.3) is 6.08 Å². The van der Waals surface area contributed by atoms with E-state index in [0.717, 1.165) is 21.5 Å². The van der Waals surface area contributed by atoms with E-state index >= 15 is 0 Å². The average Bonchev–Trinajstić information content (AvgIpc) is 3.30. The molecule has 0 N–H and O–H groups in total. The van der Waals surface area contributed by atoms with Gasteiger partial charge in [0, 0.05) is 15.6 Å². The minimum atomic E-state index is -5.02. The minimum absolute atomic E-state index is 0.0511. The van der Waals surface area contributed by atoms with Crippen molar-refractivity contribution in [3.8, 4) is 11.5 Å². The number of benzene rings is 3. The zero-order chi connectivity index (χ0) is 31.6. The Balaban J connectivity index is 1.70. The molecule has 0 amide bonds. The predicted octanol–water partition coefficient (Wildman–Crippen LogP) is 6.24. The Kier molecular flexibility index (Phi) is 9.19. The fourth-order valence-electron chi connectivity index (χ4n) is 4.69. The van der Waals surface area contributed by atoms with Gasteiger partial charge in [0.2, 0.25) is 0 Å². The summed E-state index contributed by atoms with van der Waals surface area (Å²) in [7, 11) is 1.46. The van der Waals surface area contributed by atoms with E-state index in [4.69, 9.17) is 37.4 Å². The number of para-hydroxylation sites is 1. The van der Waals surface area contributed by atoms with Gasteiger partial charge in [-0.3, -0.25) is 9.36 Å². The second kappa shape index (κ2) is 12.9. The summed E-state index contributed by atoms with van der Waals surface area (Å²) in [5.74, 6) is -0.558. The van der Waals surface area contributed by atoms with Gasteiger partial charge in [-0.05, 0) is 54.5 Å². The highest BCUT2D eigenvalue weighted by Gasteiger charge is 2.45. The summed E-state index contributed by atoms with van der Waals surface area (Å²) in [6.45, 7) is 1.41. The molecule has 0 fully saturated rings. The van der Waals surface area contributed by atoms with Crippen molar-refractivity contribution < 1.29 is 32.2 Å². The Bertz CT molecular complexity index is 1940. The van der Waals surface area contributed by atoms with Crippen LogP contribution in [-0.4, -0.2) is 30.4 Å². The molecule has 0 spiro atoms. The standard InChI is InChI=1S/C31H23Cl2F3N2O5S/c1-3-42-29(40)24-25(18-10-12-20(32)13-11-18)38-28(39)23(44-30(38)37-27(24)31(34,35)36)15-19-7-5-9-22(41-2)26(19)43-16-17-6-4-8-21(33)14-17/h4-15,25H,3,16H2,1-2H3/b23-15-/t25-/m0/s1. The predicted molar refractivity (Wildman–Crippen MR) is 161 cm³/mol. The molecule has 0 unspecified atom stereocenters. The maximum absolute atomic E-state index is 14.4. The van der Waals surface area contributed by atoms with Crippen molar-refractivity contribution in [2.24, 2.45) is 4.99 Å². The Morgan fingerprint density at radius 3 is 2.45 bits per heavy atom. The number of esters is 1. The SMILES string of the molecule is CCOC(=O)C1=C(C(F)(F)F)N=c2s/c(=C\c3cccc(OC)c3OCc3cccc(Cl)c3)c(=O)n2[C@H]1c1ccc(Cl)cc1. The highest BCUT2D eigenvalue weighted by molar-refractivity contribution is 7.07. The average molecular weight is 664 g/mol. The number of aromatic nitrogens is 1. The molecule has 0 saturated heterocycles. The number of carbonyl (C=O) groups excluding carboxylic acids is 1. The molecule has 4 aromatic rings. The number of ether oxygens (including phenoxy) is 3. The van der Waals surface area contributed by atoms with Gasteiger partial charge in [-0.15, -0.1) is 0 Å². The molecule has 1 atom stereocenters. The maximum atomic E-state index is 14.4. The molecule has 0 bridgehead atoms. The number of methoxy groups -OCH3 is 1. The van der Waals surface area contributed by atoms with Crippen LogP contribution in [0.2, 0.25) is 10.0 Å². The fourth-order valence-corrected chi connectivity index (χ4v) is 6.02. The first kappa shape index (κ1) is 31.4.